The molecule has 3 rings (SSSR count). The summed E-state index contributed by atoms with van der Waals surface area (Å²) in [4.78, 5) is 11.3. The molecule has 0 spiro atoms. The molecule has 0 saturated heterocycles. The van der Waals surface area contributed by atoms with E-state index >= 15 is 0 Å². The van der Waals surface area contributed by atoms with Crippen molar-refractivity contribution < 1.29 is 31.1 Å². The third kappa shape index (κ3) is 4.04. The molecule has 0 unspecified atom stereocenters. The predicted octanol–water partition coefficient (Wildman–Crippen LogP) is 6.04. The molecule has 0 atom stereocenters. The Bertz CT molecular complexity index is 1010. The Labute approximate surface area is 159 Å². The molecule has 1 aromatic heterocycles. The zero-order valence-corrected chi connectivity index (χ0v) is 14.4. The minimum atomic E-state index is -4.99. The van der Waals surface area contributed by atoms with Crippen molar-refractivity contribution in [2.75, 3.05) is 0 Å². The minimum absolute atomic E-state index is 0.0194. The van der Waals surface area contributed by atoms with E-state index in [4.69, 9.17) is 11.6 Å². The van der Waals surface area contributed by atoms with Gasteiger partial charge in [-0.25, -0.2) is 4.68 Å². The van der Waals surface area contributed by atoms with E-state index in [2.05, 4.69) is 5.10 Å². The van der Waals surface area contributed by atoms with Gasteiger partial charge in [-0.2, -0.15) is 31.4 Å². The minimum Gasteiger partial charge on any atom is -0.298 e. The van der Waals surface area contributed by atoms with E-state index in [0.29, 0.717) is 29.0 Å². The highest BCUT2D eigenvalue weighted by atomic mass is 35.5. The highest BCUT2D eigenvalue weighted by molar-refractivity contribution is 6.30. The molecule has 0 aliphatic carbocycles. The fourth-order valence-corrected chi connectivity index (χ4v) is 2.73. The van der Waals surface area contributed by atoms with E-state index in [1.54, 1.807) is 18.2 Å². The molecule has 0 bridgehead atoms. The lowest BCUT2D eigenvalue weighted by Crippen LogP contribution is -2.12. The average Bonchev–Trinajstić information content (AvgIpc) is 3.04. The Balaban J connectivity index is 2.20. The van der Waals surface area contributed by atoms with E-state index in [9.17, 15) is 31.1 Å². The topological polar surface area (TPSA) is 34.9 Å². The van der Waals surface area contributed by atoms with Crippen molar-refractivity contribution in [1.29, 1.82) is 0 Å². The molecule has 3 aromatic rings. The van der Waals surface area contributed by atoms with Gasteiger partial charge in [-0.3, -0.25) is 4.79 Å². The molecule has 0 aliphatic heterocycles. The third-order valence-corrected chi connectivity index (χ3v) is 4.04. The van der Waals surface area contributed by atoms with Crippen LogP contribution in [0.2, 0.25) is 5.02 Å². The first-order valence-electron chi connectivity index (χ1n) is 7.59. The highest BCUT2D eigenvalue weighted by Gasteiger charge is 2.37. The summed E-state index contributed by atoms with van der Waals surface area (Å²) in [6.07, 6.45) is -8.53. The van der Waals surface area contributed by atoms with Crippen molar-refractivity contribution in [3.05, 3.63) is 70.4 Å². The summed E-state index contributed by atoms with van der Waals surface area (Å²) < 4.78 is 79.1. The molecule has 1 heterocycles. The van der Waals surface area contributed by atoms with Crippen molar-refractivity contribution in [3.8, 4) is 16.9 Å². The summed E-state index contributed by atoms with van der Waals surface area (Å²) >= 11 is 5.88. The summed E-state index contributed by atoms with van der Waals surface area (Å²) in [6.45, 7) is 0. The number of benzene rings is 2. The standard InChI is InChI=1S/C18H9ClF6N2O/c19-14-3-1-2-10(4-14)16-11(9-28)8-27(26-16)15-6-12(17(20,21)22)5-13(7-15)18(23,24)25/h1-9H. The SMILES string of the molecule is O=Cc1cn(-c2cc(C(F)(F)F)cc(C(F)(F)F)c2)nc1-c1cccc(Cl)c1. The van der Waals surface area contributed by atoms with Crippen molar-refractivity contribution in [2.45, 2.75) is 12.4 Å². The molecule has 3 nitrogen and oxygen atoms in total. The molecule has 0 N–H and O–H groups in total. The number of nitrogens with zero attached hydrogens (tertiary/aromatic N) is 2. The number of hydrogen-bond donors (Lipinski definition) is 0. The first-order valence-corrected chi connectivity index (χ1v) is 7.97. The molecular weight excluding hydrogens is 410 g/mol. The van der Waals surface area contributed by atoms with Crippen molar-refractivity contribution in [3.63, 3.8) is 0 Å². The summed E-state index contributed by atoms with van der Waals surface area (Å²) in [5, 5.41) is 4.32. The normalized spacial score (nSPS) is 12.2. The molecule has 0 radical (unpaired) electrons. The monoisotopic (exact) mass is 418 g/mol. The molecule has 0 saturated carbocycles. The van der Waals surface area contributed by atoms with Crippen molar-refractivity contribution in [2.24, 2.45) is 0 Å². The lowest BCUT2D eigenvalue weighted by atomic mass is 10.1. The van der Waals surface area contributed by atoms with Crippen LogP contribution in [0.3, 0.4) is 0 Å². The van der Waals surface area contributed by atoms with Gasteiger partial charge < -0.3 is 0 Å². The van der Waals surface area contributed by atoms with Crippen LogP contribution < -0.4 is 0 Å². The van der Waals surface area contributed by atoms with Gasteiger partial charge >= 0.3 is 12.4 Å². The first kappa shape index (κ1) is 19.9. The molecule has 0 aliphatic rings. The van der Waals surface area contributed by atoms with Gasteiger partial charge in [0.2, 0.25) is 0 Å². The second-order valence-corrected chi connectivity index (χ2v) is 6.21. The van der Waals surface area contributed by atoms with Crippen LogP contribution in [0, 0.1) is 0 Å². The lowest BCUT2D eigenvalue weighted by Gasteiger charge is -2.14. The van der Waals surface area contributed by atoms with Gasteiger partial charge in [-0.05, 0) is 30.3 Å². The summed E-state index contributed by atoms with van der Waals surface area (Å²) in [6, 6.07) is 7.22. The number of halogens is 7. The number of carbonyl (C=O) groups is 1. The smallest absolute Gasteiger partial charge is 0.298 e. The number of aromatic nitrogens is 2. The summed E-state index contributed by atoms with van der Waals surface area (Å²) in [5.41, 5.74) is -3.01. The number of hydrogen-bond acceptors (Lipinski definition) is 2. The average molecular weight is 419 g/mol. The Hall–Kier alpha value is -2.81. The van der Waals surface area contributed by atoms with Crippen LogP contribution in [-0.2, 0) is 12.4 Å². The number of carbonyl (C=O) groups excluding carboxylic acids is 1. The molecule has 28 heavy (non-hydrogen) atoms. The Morgan fingerprint density at radius 1 is 0.929 bits per heavy atom. The maximum absolute atomic E-state index is 13.0. The molecular formula is C18H9ClF6N2O. The van der Waals surface area contributed by atoms with Crippen LogP contribution in [0.4, 0.5) is 26.3 Å². The third-order valence-electron chi connectivity index (χ3n) is 3.80. The Kier molecular flexibility index (Phi) is 4.97. The van der Waals surface area contributed by atoms with Crippen LogP contribution >= 0.6 is 11.6 Å². The number of alkyl halides is 6. The zero-order valence-electron chi connectivity index (χ0n) is 13.6. The van der Waals surface area contributed by atoms with Gasteiger partial charge in [0.05, 0.1) is 22.4 Å². The number of aldehydes is 1. The second-order valence-electron chi connectivity index (χ2n) is 5.77. The Morgan fingerprint density at radius 2 is 1.54 bits per heavy atom. The zero-order chi connectivity index (χ0) is 20.7. The van der Waals surface area contributed by atoms with E-state index < -0.39 is 29.2 Å². The van der Waals surface area contributed by atoms with Gasteiger partial charge in [0.15, 0.2) is 6.29 Å². The van der Waals surface area contributed by atoms with E-state index in [0.717, 1.165) is 10.9 Å². The van der Waals surface area contributed by atoms with Crippen LogP contribution in [0.25, 0.3) is 16.9 Å². The molecule has 10 heteroatoms. The predicted molar refractivity (Wildman–Crippen MR) is 89.4 cm³/mol. The fourth-order valence-electron chi connectivity index (χ4n) is 2.54. The first-order chi connectivity index (χ1) is 13.0. The van der Waals surface area contributed by atoms with Gasteiger partial charge in [-0.1, -0.05) is 23.7 Å². The van der Waals surface area contributed by atoms with Gasteiger partial charge in [-0.15, -0.1) is 0 Å². The molecule has 2 aromatic carbocycles. The summed E-state index contributed by atoms with van der Waals surface area (Å²) in [7, 11) is 0. The largest absolute Gasteiger partial charge is 0.416 e. The van der Waals surface area contributed by atoms with Crippen LogP contribution in [0.15, 0.2) is 48.7 Å². The van der Waals surface area contributed by atoms with Gasteiger partial charge in [0.25, 0.3) is 0 Å². The van der Waals surface area contributed by atoms with Crippen LogP contribution in [0.1, 0.15) is 21.5 Å². The second kappa shape index (κ2) is 6.97. The molecule has 146 valence electrons. The van der Waals surface area contributed by atoms with Crippen molar-refractivity contribution >= 4 is 17.9 Å². The van der Waals surface area contributed by atoms with E-state index in [-0.39, 0.29) is 17.3 Å². The summed E-state index contributed by atoms with van der Waals surface area (Å²) in [5.74, 6) is 0. The van der Waals surface area contributed by atoms with Gasteiger partial charge in [0.1, 0.15) is 5.69 Å². The quantitative estimate of drug-likeness (QED) is 0.384. The fraction of sp³-hybridized carbons (Fsp3) is 0.111. The maximum Gasteiger partial charge on any atom is 0.416 e. The van der Waals surface area contributed by atoms with E-state index in [1.165, 1.54) is 6.07 Å². The van der Waals surface area contributed by atoms with Gasteiger partial charge in [0, 0.05) is 16.8 Å². The Morgan fingerprint density at radius 3 is 2.04 bits per heavy atom. The van der Waals surface area contributed by atoms with Crippen molar-refractivity contribution in [1.82, 2.24) is 9.78 Å². The number of rotatable bonds is 3. The highest BCUT2D eigenvalue weighted by Crippen LogP contribution is 2.37. The molecule has 0 fully saturated rings. The van der Waals surface area contributed by atoms with E-state index in [1.807, 2.05) is 0 Å². The molecule has 0 amide bonds. The maximum atomic E-state index is 13.0. The van der Waals surface area contributed by atoms with Crippen LogP contribution in [0.5, 0.6) is 0 Å². The lowest BCUT2D eigenvalue weighted by molar-refractivity contribution is -0.143. The van der Waals surface area contributed by atoms with Crippen LogP contribution in [-0.4, -0.2) is 16.1 Å².